The van der Waals surface area contributed by atoms with Crippen molar-refractivity contribution >= 4 is 71.2 Å². The second kappa shape index (κ2) is 30.1. The van der Waals surface area contributed by atoms with Crippen molar-refractivity contribution in [2.75, 3.05) is 17.7 Å². The smallest absolute Gasteiger partial charge is 0.494 e. The maximum atomic E-state index is 13.7. The molecule has 2 amide bonds. The molecule has 2 aromatic rings. The first-order chi connectivity index (χ1) is 40.9. The first-order valence-corrected chi connectivity index (χ1v) is 31.8. The fourth-order valence-corrected chi connectivity index (χ4v) is 15.3. The van der Waals surface area contributed by atoms with E-state index >= 15 is 0 Å². The predicted molar refractivity (Wildman–Crippen MR) is 338 cm³/mol. The third-order valence-electron chi connectivity index (χ3n) is 18.9. The molecule has 2 aromatic heterocycles. The van der Waals surface area contributed by atoms with Gasteiger partial charge < -0.3 is 45.3 Å². The molecule has 0 bridgehead atoms. The van der Waals surface area contributed by atoms with Gasteiger partial charge >= 0.3 is 43.4 Å². The van der Waals surface area contributed by atoms with E-state index in [2.05, 4.69) is 119 Å². The number of nitrogens with one attached hydrogen (secondary N) is 3. The molecule has 4 saturated carbocycles. The molecule has 2 aliphatic heterocycles. The van der Waals surface area contributed by atoms with Crippen LogP contribution in [-0.4, -0.2) is 78.4 Å². The van der Waals surface area contributed by atoms with Gasteiger partial charge in [0.25, 0.3) is 0 Å². The van der Waals surface area contributed by atoms with Crippen molar-refractivity contribution in [3.8, 4) is 0 Å². The number of hydrogen-bond donors (Lipinski definition) is 4. The van der Waals surface area contributed by atoms with Crippen LogP contribution in [0.5, 0.6) is 0 Å². The van der Waals surface area contributed by atoms with Crippen molar-refractivity contribution in [1.29, 1.82) is 0 Å². The van der Waals surface area contributed by atoms with Gasteiger partial charge in [0.1, 0.15) is 47.3 Å². The number of nitrogens with two attached hydrogens (primary N) is 1. The number of ether oxygens (including phenoxy) is 4. The predicted octanol–water partition coefficient (Wildman–Crippen LogP) is 11.9. The zero-order chi connectivity index (χ0) is 64.2. The number of hydrogen-bond acceptors (Lipinski definition) is 15. The topological polar surface area (TPSA) is 264 Å². The van der Waals surface area contributed by atoms with Gasteiger partial charge in [-0.2, -0.15) is 0 Å². The Morgan fingerprint density at radius 3 is 1.17 bits per heavy atom. The summed E-state index contributed by atoms with van der Waals surface area (Å²) in [5, 5.41) is 5.39. The van der Waals surface area contributed by atoms with Crippen LogP contribution in [0.15, 0.2) is 43.7 Å². The van der Waals surface area contributed by atoms with Crippen LogP contribution in [0.1, 0.15) is 212 Å². The number of carbonyl (C=O) groups is 6. The van der Waals surface area contributed by atoms with Crippen LogP contribution in [0.4, 0.5) is 11.6 Å². The van der Waals surface area contributed by atoms with Crippen LogP contribution < -0.4 is 31.8 Å². The van der Waals surface area contributed by atoms with Crippen LogP contribution in [0.2, 0.25) is 0 Å². The van der Waals surface area contributed by atoms with E-state index in [1.807, 2.05) is 6.92 Å². The summed E-state index contributed by atoms with van der Waals surface area (Å²) in [7, 11) is 0. The second-order valence-electron chi connectivity index (χ2n) is 27.2. The molecule has 0 radical (unpaired) electrons. The number of rotatable bonds is 13. The van der Waals surface area contributed by atoms with Gasteiger partial charge in [0.15, 0.2) is 5.84 Å². The van der Waals surface area contributed by atoms with E-state index in [1.54, 1.807) is 39.8 Å². The van der Waals surface area contributed by atoms with E-state index in [0.717, 1.165) is 51.4 Å². The first kappa shape index (κ1) is 70.9. The molecular weight excluding hydrogens is 1170 g/mol. The fourth-order valence-electron chi connectivity index (χ4n) is 15.3. The monoisotopic (exact) mass is 1270 g/mol. The number of hydroxylamine groups is 1. The van der Waals surface area contributed by atoms with Crippen LogP contribution >= 0.6 is 0 Å². The Balaban J connectivity index is 0.000000278. The molecule has 8 unspecified atom stereocenters. The maximum Gasteiger partial charge on any atom is 2.00 e. The summed E-state index contributed by atoms with van der Waals surface area (Å²) in [4.78, 5) is 102. The zero-order valence-corrected chi connectivity index (χ0v) is 58.8. The molecule has 4 aliphatic carbocycles. The van der Waals surface area contributed by atoms with Gasteiger partial charge in [0.2, 0.25) is 5.91 Å². The molecule has 0 spiro atoms. The Labute approximate surface area is 534 Å². The summed E-state index contributed by atoms with van der Waals surface area (Å²) in [6.07, 6.45) is 10.6. The fraction of sp³-hybridized carbons (Fsp3) is 0.647. The Hall–Kier alpha value is -6.14. The van der Waals surface area contributed by atoms with E-state index in [0.29, 0.717) is 80.9 Å². The molecule has 88 heavy (non-hydrogen) atoms. The summed E-state index contributed by atoms with van der Waals surface area (Å²) in [5.41, 5.74) is 14.1. The Bertz CT molecular complexity index is 3100. The molecule has 20 heteroatoms. The normalized spacial score (nSPS) is 31.4. The first-order valence-electron chi connectivity index (χ1n) is 31.8. The van der Waals surface area contributed by atoms with Crippen LogP contribution in [0.3, 0.4) is 0 Å². The number of allylic oxidation sites excluding steroid dienone is 2. The minimum atomic E-state index is -0.512. The Morgan fingerprint density at radius 2 is 0.807 bits per heavy atom. The van der Waals surface area contributed by atoms with Crippen molar-refractivity contribution in [2.45, 2.75) is 207 Å². The van der Waals surface area contributed by atoms with Crippen LogP contribution in [0, 0.1) is 84.9 Å². The largest absolute Gasteiger partial charge is 2.00 e. The van der Waals surface area contributed by atoms with Gasteiger partial charge in [-0.3, -0.25) is 14.4 Å². The number of aliphatic imine (C=N–C) groups is 2. The van der Waals surface area contributed by atoms with Gasteiger partial charge in [-0.15, -0.1) is 0 Å². The Kier molecular flexibility index (Phi) is 24.3. The molecule has 8 atom stereocenters. The number of amidine groups is 2. The number of nitrogen functional groups attached to an aromatic ring is 1. The van der Waals surface area contributed by atoms with Gasteiger partial charge in [-0.25, -0.2) is 34.6 Å². The molecule has 4 heterocycles. The minimum Gasteiger partial charge on any atom is -0.494 e. The summed E-state index contributed by atoms with van der Waals surface area (Å²) in [5.74, 6) is 2.23. The van der Waals surface area contributed by atoms with Gasteiger partial charge in [0.05, 0.1) is 29.1 Å². The molecule has 4 fully saturated rings. The van der Waals surface area contributed by atoms with E-state index < -0.39 is 23.9 Å². The summed E-state index contributed by atoms with van der Waals surface area (Å²) in [6.45, 7) is 37.9. The molecule has 19 nitrogen and oxygen atoms in total. The molecule has 5 N–H and O–H groups in total. The number of aromatic nitrogens is 2. The third-order valence-corrected chi connectivity index (χ3v) is 18.9. The molecule has 0 saturated heterocycles. The summed E-state index contributed by atoms with van der Waals surface area (Å²) in [6, 6.07) is 0. The average molecular weight is 1270 g/mol. The van der Waals surface area contributed by atoms with Crippen LogP contribution in [-0.2, 0) is 62.4 Å². The van der Waals surface area contributed by atoms with E-state index in [4.69, 9.17) is 29.5 Å². The van der Waals surface area contributed by atoms with Gasteiger partial charge in [0, 0.05) is 6.92 Å². The van der Waals surface area contributed by atoms with E-state index in [-0.39, 0.29) is 143 Å². The van der Waals surface area contributed by atoms with E-state index in [1.165, 1.54) is 13.8 Å². The van der Waals surface area contributed by atoms with Gasteiger partial charge in [-0.05, 0) is 216 Å². The van der Waals surface area contributed by atoms with Crippen LogP contribution in [0.25, 0.3) is 12.2 Å². The maximum absolute atomic E-state index is 13.7. The standard InChI is InChI=1S/C35H52N4O6.C33H48N4O5.Zn/c1-11-43-39-33-29(35(42)45-31-21(6)14-18(3)15-22(31)7)24(9)27(38-33)16-26-23(8)28(32(37-26)36-25(10)40)34(41)44-30-19(4)12-17(2)13-20(30)5;1-15-10-17(3)28(18(4)11-15)41-32(39)26-21(7)24(36-30(26)34)14-25-22(8)27(31(37-25)35-23(9)38)33(40)42-29-19(5)12-16(2)13-20(29)6;/h16-22,30-31H,11-15H2,1-10H3,(H3,36,37,38,39,40,41,42);14-20,28-29H,10-13H2,1-9H3,(H4,34,35,36,37,38,39,40);/q;;+2/p-2. The number of nitrogens with zero attached hydrogens (tertiary/aromatic N) is 4. The number of amides is 2. The minimum absolute atomic E-state index is 0. The van der Waals surface area contributed by atoms with E-state index in [9.17, 15) is 28.8 Å². The SMILES string of the molecule is CC(=O)NC1=NC(=Cc2[n-]c(N)c(C(=O)OC3C(C)CC(C)CC3C)c2C)C(C)=C1C(=O)OC1C(C)CC(C)CC1C.CCONC1=NC(=Cc2[n-]c(NC(C)=O)c(C(=O)OC3C(C)CC(C)CC3C)c2C)C(C)=C1C(=O)OC1C(C)CC(C)CC1C.[Zn+2]. The molecule has 478 valence electrons. The number of carbonyl (C=O) groups excluding carboxylic acids is 6. The van der Waals surface area contributed by atoms with Gasteiger partial charge in [-0.1, -0.05) is 88.9 Å². The third kappa shape index (κ3) is 16.4. The summed E-state index contributed by atoms with van der Waals surface area (Å²) < 4.78 is 24.3. The van der Waals surface area contributed by atoms with Crippen molar-refractivity contribution in [1.82, 2.24) is 20.8 Å². The average Bonchev–Trinajstić information content (AvgIpc) is 3.90. The number of anilines is 2. The second-order valence-corrected chi connectivity index (χ2v) is 27.2. The quantitative estimate of drug-likeness (QED) is 0.0629. The molecular formula is C68H98N8O11Zn. The molecule has 6 aliphatic rings. The Morgan fingerprint density at radius 1 is 0.489 bits per heavy atom. The zero-order valence-electron chi connectivity index (χ0n) is 55.8. The summed E-state index contributed by atoms with van der Waals surface area (Å²) >= 11 is 0. The van der Waals surface area contributed by atoms with Crippen molar-refractivity contribution in [2.24, 2.45) is 81.0 Å². The molecule has 0 aromatic carbocycles. The molecule has 8 rings (SSSR count). The van der Waals surface area contributed by atoms with Crippen molar-refractivity contribution in [3.05, 3.63) is 67.3 Å². The van der Waals surface area contributed by atoms with Crippen molar-refractivity contribution in [3.63, 3.8) is 0 Å². The number of esters is 4. The van der Waals surface area contributed by atoms with Crippen molar-refractivity contribution < 1.29 is 72.0 Å².